The molecule has 0 radical (unpaired) electrons. The Bertz CT molecular complexity index is 631. The van der Waals surface area contributed by atoms with E-state index in [1.807, 2.05) is 67.8 Å². The maximum Gasteiger partial charge on any atom is 1.00 e. The van der Waals surface area contributed by atoms with Crippen molar-refractivity contribution in [3.05, 3.63) is 21.8 Å². The van der Waals surface area contributed by atoms with Crippen molar-refractivity contribution in [2.24, 2.45) is 4.99 Å². The second-order valence-corrected chi connectivity index (χ2v) is 6.79. The number of rotatable bonds is 3. The number of carbonyl (C=O) groups is 2. The minimum absolute atomic E-state index is 0. The van der Waals surface area contributed by atoms with Crippen LogP contribution in [0, 0.1) is 10.7 Å². The summed E-state index contributed by atoms with van der Waals surface area (Å²) in [5.74, 6) is -2.04. The van der Waals surface area contributed by atoms with Gasteiger partial charge in [-0.1, -0.05) is 0 Å². The first-order valence-electron chi connectivity index (χ1n) is 5.10. The third-order valence-corrected chi connectivity index (χ3v) is 5.41. The standard InChI is InChI=1S/C11H9I3N2O4.Na/c1-3(17)16-9-7(13)4(10(18)15-2)6(12)5(8(9)14)11(19)20;/h1-2H3,(H,15,18)(H,16,17)(H,19,20);/q;+1/p-1. The molecule has 1 amide bonds. The van der Waals surface area contributed by atoms with Crippen LogP contribution in [0.1, 0.15) is 27.6 Å². The zero-order valence-electron chi connectivity index (χ0n) is 11.3. The molecule has 6 nitrogen and oxygen atoms in total. The van der Waals surface area contributed by atoms with Crippen LogP contribution in [0.2, 0.25) is 0 Å². The number of hydrogen-bond acceptors (Lipinski definition) is 4. The van der Waals surface area contributed by atoms with Crippen LogP contribution in [-0.2, 0) is 0 Å². The van der Waals surface area contributed by atoms with Crippen LogP contribution < -0.4 is 40.0 Å². The van der Waals surface area contributed by atoms with Gasteiger partial charge in [0.25, 0.3) is 5.91 Å². The Kier molecular flexibility index (Phi) is 9.56. The summed E-state index contributed by atoms with van der Waals surface area (Å²) in [4.78, 5) is 27.1. The number of aliphatic imine (C=N–C) groups is 1. The Morgan fingerprint density at radius 3 is 2.00 bits per heavy atom. The van der Waals surface area contributed by atoms with Crippen LogP contribution >= 0.6 is 67.8 Å². The van der Waals surface area contributed by atoms with Gasteiger partial charge in [-0.05, 0) is 80.6 Å². The second kappa shape index (κ2) is 9.20. The van der Waals surface area contributed by atoms with E-state index in [-0.39, 0.29) is 46.4 Å². The predicted molar refractivity (Wildman–Crippen MR) is 97.7 cm³/mol. The Labute approximate surface area is 184 Å². The average molecular weight is 636 g/mol. The minimum Gasteiger partial charge on any atom is -0.862 e. The molecule has 1 aromatic rings. The van der Waals surface area contributed by atoms with Gasteiger partial charge in [0.1, 0.15) is 0 Å². The van der Waals surface area contributed by atoms with Gasteiger partial charge >= 0.3 is 35.5 Å². The van der Waals surface area contributed by atoms with Gasteiger partial charge in [0.05, 0.1) is 24.0 Å². The molecule has 2 N–H and O–H groups in total. The second-order valence-electron chi connectivity index (χ2n) is 3.56. The number of carbonyl (C=O) groups excluding carboxylic acids is 1. The zero-order chi connectivity index (χ0) is 15.6. The fourth-order valence-corrected chi connectivity index (χ4v) is 5.78. The van der Waals surface area contributed by atoms with E-state index in [0.29, 0.717) is 10.7 Å². The topological polar surface area (TPSA) is 102 Å². The molecule has 0 fully saturated rings. The number of nitrogens with zero attached hydrogens (tertiary/aromatic N) is 1. The van der Waals surface area contributed by atoms with Crippen molar-refractivity contribution in [1.82, 2.24) is 5.32 Å². The number of aromatic carboxylic acids is 1. The molecule has 0 atom stereocenters. The summed E-state index contributed by atoms with van der Waals surface area (Å²) in [6.45, 7) is 1.27. The summed E-state index contributed by atoms with van der Waals surface area (Å²) in [6, 6.07) is 0. The largest absolute Gasteiger partial charge is 1.00 e. The van der Waals surface area contributed by atoms with Crippen molar-refractivity contribution in [3.63, 3.8) is 0 Å². The average Bonchev–Trinajstić information content (AvgIpc) is 2.33. The molecule has 10 heteroatoms. The van der Waals surface area contributed by atoms with Gasteiger partial charge in [0.15, 0.2) is 0 Å². The van der Waals surface area contributed by atoms with Crippen LogP contribution in [0.4, 0.5) is 5.69 Å². The van der Waals surface area contributed by atoms with E-state index < -0.39 is 17.8 Å². The summed E-state index contributed by atoms with van der Waals surface area (Å²) in [5, 5.41) is 23.0. The molecule has 1 rings (SSSR count). The summed E-state index contributed by atoms with van der Waals surface area (Å²) in [5.41, 5.74) is 0.409. The molecular weight excluding hydrogens is 628 g/mol. The van der Waals surface area contributed by atoms with Crippen LogP contribution in [0.3, 0.4) is 0 Å². The molecule has 0 saturated carbocycles. The van der Waals surface area contributed by atoms with Crippen LogP contribution in [0.5, 0.6) is 0 Å². The van der Waals surface area contributed by atoms with Crippen molar-refractivity contribution in [2.45, 2.75) is 6.92 Å². The van der Waals surface area contributed by atoms with E-state index in [2.05, 4.69) is 10.3 Å². The molecular formula is C11H8I3N2NaO4. The van der Waals surface area contributed by atoms with Crippen LogP contribution in [0.15, 0.2) is 4.99 Å². The third kappa shape index (κ3) is 4.89. The molecule has 1 aromatic carbocycles. The van der Waals surface area contributed by atoms with Crippen molar-refractivity contribution in [2.75, 3.05) is 7.05 Å². The minimum atomic E-state index is -1.17. The molecule has 0 bridgehead atoms. The van der Waals surface area contributed by atoms with Crippen molar-refractivity contribution >= 4 is 91.2 Å². The number of amides is 1. The normalized spacial score (nSPS) is 10.8. The van der Waals surface area contributed by atoms with E-state index in [9.17, 15) is 19.8 Å². The van der Waals surface area contributed by atoms with Gasteiger partial charge < -0.3 is 15.5 Å². The van der Waals surface area contributed by atoms with Crippen LogP contribution in [-0.4, -0.2) is 29.9 Å². The molecule has 0 heterocycles. The zero-order valence-corrected chi connectivity index (χ0v) is 19.7. The fraction of sp³-hybridized carbons (Fsp3) is 0.182. The summed E-state index contributed by atoms with van der Waals surface area (Å²) in [6.07, 6.45) is 0. The maximum absolute atomic E-state index is 11.9. The summed E-state index contributed by atoms with van der Waals surface area (Å²) in [7, 11) is 1.45. The molecule has 108 valence electrons. The summed E-state index contributed by atoms with van der Waals surface area (Å²) < 4.78 is 1.12. The molecule has 0 aromatic heterocycles. The van der Waals surface area contributed by atoms with E-state index in [0.717, 1.165) is 0 Å². The quantitative estimate of drug-likeness (QED) is 0.192. The van der Waals surface area contributed by atoms with E-state index >= 15 is 0 Å². The number of carboxylic acid groups (broad SMARTS) is 1. The molecule has 0 aliphatic carbocycles. The van der Waals surface area contributed by atoms with E-state index in [1.165, 1.54) is 14.0 Å². The Balaban J connectivity index is 0.00000400. The van der Waals surface area contributed by atoms with Gasteiger partial charge in [-0.15, -0.1) is 0 Å². The number of nitrogens with one attached hydrogen (secondary N) is 1. The van der Waals surface area contributed by atoms with E-state index in [1.54, 1.807) is 0 Å². The summed E-state index contributed by atoms with van der Waals surface area (Å²) >= 11 is 5.54. The van der Waals surface area contributed by atoms with E-state index in [4.69, 9.17) is 0 Å². The number of carboxylic acids is 1. The van der Waals surface area contributed by atoms with Crippen molar-refractivity contribution < 1.29 is 49.4 Å². The van der Waals surface area contributed by atoms with Crippen LogP contribution in [0.25, 0.3) is 0 Å². The van der Waals surface area contributed by atoms with Crippen molar-refractivity contribution in [1.29, 1.82) is 0 Å². The van der Waals surface area contributed by atoms with Gasteiger partial charge in [-0.25, -0.2) is 4.79 Å². The molecule has 0 unspecified atom stereocenters. The number of halogens is 3. The van der Waals surface area contributed by atoms with Gasteiger partial charge in [0, 0.05) is 10.6 Å². The molecule has 21 heavy (non-hydrogen) atoms. The van der Waals surface area contributed by atoms with Gasteiger partial charge in [-0.2, -0.15) is 0 Å². The smallest absolute Gasteiger partial charge is 0.862 e. The third-order valence-electron chi connectivity index (χ3n) is 2.23. The number of benzene rings is 1. The number of hydrogen-bond donors (Lipinski definition) is 2. The van der Waals surface area contributed by atoms with Gasteiger partial charge in [-0.3, -0.25) is 9.79 Å². The first-order valence-corrected chi connectivity index (χ1v) is 8.34. The Morgan fingerprint density at radius 1 is 1.14 bits per heavy atom. The molecule has 0 saturated heterocycles. The molecule has 0 aliphatic rings. The molecule has 0 spiro atoms. The first kappa shape index (κ1) is 21.8. The Hall–Kier alpha value is 0.820. The Morgan fingerprint density at radius 2 is 1.62 bits per heavy atom. The monoisotopic (exact) mass is 636 g/mol. The predicted octanol–water partition coefficient (Wildman–Crippen LogP) is -1.03. The fourth-order valence-electron chi connectivity index (χ4n) is 1.42. The first-order chi connectivity index (χ1) is 9.22. The SMILES string of the molecule is CNC(=O)c1c(I)c(N=C(C)[O-])c(I)c(C(=O)O)c1I.[Na+]. The van der Waals surface area contributed by atoms with Gasteiger partial charge in [0.2, 0.25) is 0 Å². The van der Waals surface area contributed by atoms with Crippen molar-refractivity contribution in [3.8, 4) is 0 Å². The maximum atomic E-state index is 11.9. The molecule has 0 aliphatic heterocycles.